The van der Waals surface area contributed by atoms with E-state index >= 15 is 0 Å². The molecule has 1 amide bonds. The van der Waals surface area contributed by atoms with E-state index in [0.717, 1.165) is 13.1 Å². The fourth-order valence-electron chi connectivity index (χ4n) is 3.97. The number of likely N-dealkylation sites (N-methyl/N-ethyl adjacent to an activating group) is 1. The quantitative estimate of drug-likeness (QED) is 0.354. The molecule has 2 N–H and O–H groups in total. The summed E-state index contributed by atoms with van der Waals surface area (Å²) in [6, 6.07) is 12.7. The number of nitrogens with zero attached hydrogens (tertiary/aromatic N) is 2. The van der Waals surface area contributed by atoms with Crippen LogP contribution in [-0.2, 0) is 9.59 Å². The van der Waals surface area contributed by atoms with Crippen molar-refractivity contribution in [1.29, 1.82) is 0 Å². The number of aliphatic hydroxyl groups is 1. The number of likely N-dealkylation sites (tertiary alicyclic amines) is 1. The van der Waals surface area contributed by atoms with Crippen molar-refractivity contribution in [3.63, 3.8) is 0 Å². The van der Waals surface area contributed by atoms with Gasteiger partial charge in [0.15, 0.2) is 11.5 Å². The van der Waals surface area contributed by atoms with Gasteiger partial charge in [0.25, 0.3) is 11.7 Å². The van der Waals surface area contributed by atoms with E-state index in [0.29, 0.717) is 30.8 Å². The molecule has 2 aromatic carbocycles. The molecular formula is C25H30N2O5. The number of amides is 1. The molecule has 1 heterocycles. The van der Waals surface area contributed by atoms with E-state index < -0.39 is 17.7 Å². The monoisotopic (exact) mass is 438 g/mol. The first-order valence-corrected chi connectivity index (χ1v) is 10.9. The van der Waals surface area contributed by atoms with Crippen LogP contribution in [0.15, 0.2) is 54.1 Å². The van der Waals surface area contributed by atoms with Crippen LogP contribution in [0.1, 0.15) is 37.9 Å². The van der Waals surface area contributed by atoms with Gasteiger partial charge in [0.2, 0.25) is 0 Å². The summed E-state index contributed by atoms with van der Waals surface area (Å²) >= 11 is 0. The van der Waals surface area contributed by atoms with Gasteiger partial charge in [-0.25, -0.2) is 0 Å². The average Bonchev–Trinajstić information content (AvgIpc) is 3.06. The van der Waals surface area contributed by atoms with Crippen LogP contribution in [0.25, 0.3) is 5.76 Å². The lowest BCUT2D eigenvalue weighted by Gasteiger charge is -2.28. The number of phenols is 1. The number of benzene rings is 2. The second-order valence-electron chi connectivity index (χ2n) is 7.55. The predicted molar refractivity (Wildman–Crippen MR) is 123 cm³/mol. The van der Waals surface area contributed by atoms with Crippen LogP contribution >= 0.6 is 0 Å². The van der Waals surface area contributed by atoms with Crippen molar-refractivity contribution in [2.24, 2.45) is 0 Å². The largest absolute Gasteiger partial charge is 0.507 e. The maximum absolute atomic E-state index is 13.1. The second kappa shape index (κ2) is 10.3. The summed E-state index contributed by atoms with van der Waals surface area (Å²) in [5, 5.41) is 21.2. The normalized spacial score (nSPS) is 17.9. The Bertz CT molecular complexity index is 999. The summed E-state index contributed by atoms with van der Waals surface area (Å²) in [7, 11) is 0. The molecule has 1 unspecified atom stereocenters. The Morgan fingerprint density at radius 2 is 1.75 bits per heavy atom. The molecule has 170 valence electrons. The molecule has 1 fully saturated rings. The summed E-state index contributed by atoms with van der Waals surface area (Å²) in [5.74, 6) is -1.35. The van der Waals surface area contributed by atoms with E-state index in [4.69, 9.17) is 4.74 Å². The molecule has 7 heteroatoms. The SMILES string of the molecule is CCOc1cc(C2/C(=C(/O)c3ccccc3)C(=O)C(=O)N2CCN(CC)CC)ccc1O. The molecule has 1 aliphatic heterocycles. The highest BCUT2D eigenvalue weighted by Gasteiger charge is 2.46. The molecule has 3 rings (SSSR count). The molecule has 1 aliphatic rings. The number of rotatable bonds is 9. The van der Waals surface area contributed by atoms with E-state index in [1.165, 1.54) is 11.0 Å². The van der Waals surface area contributed by atoms with Gasteiger partial charge in [-0.1, -0.05) is 50.2 Å². The zero-order valence-corrected chi connectivity index (χ0v) is 18.7. The van der Waals surface area contributed by atoms with Crippen molar-refractivity contribution >= 4 is 17.4 Å². The van der Waals surface area contributed by atoms with Crippen LogP contribution in [0.2, 0.25) is 0 Å². The minimum absolute atomic E-state index is 0.0289. The zero-order chi connectivity index (χ0) is 23.3. The number of ketones is 1. The fraction of sp³-hybridized carbons (Fsp3) is 0.360. The molecule has 32 heavy (non-hydrogen) atoms. The van der Waals surface area contributed by atoms with Crippen LogP contribution in [0.3, 0.4) is 0 Å². The molecule has 1 saturated heterocycles. The Morgan fingerprint density at radius 3 is 2.38 bits per heavy atom. The van der Waals surface area contributed by atoms with Crippen LogP contribution in [-0.4, -0.2) is 64.5 Å². The van der Waals surface area contributed by atoms with Gasteiger partial charge in [0.1, 0.15) is 5.76 Å². The molecule has 0 aliphatic carbocycles. The van der Waals surface area contributed by atoms with Crippen LogP contribution in [0.5, 0.6) is 11.5 Å². The Labute approximate surface area is 188 Å². The standard InChI is InChI=1S/C25H30N2O5/c1-4-26(5-2)14-15-27-22(18-12-13-19(28)20(16-18)32-6-3)21(24(30)25(27)31)23(29)17-10-8-7-9-11-17/h7-13,16,22,28-29H,4-6,14-15H2,1-3H3/b23-21-. The highest BCUT2D eigenvalue weighted by atomic mass is 16.5. The van der Waals surface area contributed by atoms with Crippen molar-refractivity contribution in [3.05, 3.63) is 65.2 Å². The van der Waals surface area contributed by atoms with Gasteiger partial charge in [-0.2, -0.15) is 0 Å². The summed E-state index contributed by atoms with van der Waals surface area (Å²) in [6.07, 6.45) is 0. The maximum atomic E-state index is 13.1. The molecule has 0 saturated carbocycles. The van der Waals surface area contributed by atoms with E-state index in [2.05, 4.69) is 4.90 Å². The second-order valence-corrected chi connectivity index (χ2v) is 7.55. The van der Waals surface area contributed by atoms with Crippen molar-refractivity contribution in [3.8, 4) is 11.5 Å². The molecule has 0 aromatic heterocycles. The number of aliphatic hydroxyl groups excluding tert-OH is 1. The van der Waals surface area contributed by atoms with Gasteiger partial charge < -0.3 is 24.7 Å². The van der Waals surface area contributed by atoms with Gasteiger partial charge in [-0.3, -0.25) is 9.59 Å². The first kappa shape index (κ1) is 23.3. The first-order valence-electron chi connectivity index (χ1n) is 10.9. The first-order chi connectivity index (χ1) is 15.4. The van der Waals surface area contributed by atoms with Crippen molar-refractivity contribution in [2.45, 2.75) is 26.8 Å². The Kier molecular flexibility index (Phi) is 7.53. The maximum Gasteiger partial charge on any atom is 0.295 e. The summed E-state index contributed by atoms with van der Waals surface area (Å²) < 4.78 is 5.51. The van der Waals surface area contributed by atoms with Crippen LogP contribution in [0, 0.1) is 0 Å². The lowest BCUT2D eigenvalue weighted by molar-refractivity contribution is -0.140. The highest BCUT2D eigenvalue weighted by molar-refractivity contribution is 6.46. The average molecular weight is 439 g/mol. The third-order valence-electron chi connectivity index (χ3n) is 5.74. The number of hydrogen-bond donors (Lipinski definition) is 2. The highest BCUT2D eigenvalue weighted by Crippen LogP contribution is 2.41. The summed E-state index contributed by atoms with van der Waals surface area (Å²) in [4.78, 5) is 29.8. The van der Waals surface area contributed by atoms with E-state index in [-0.39, 0.29) is 22.8 Å². The molecule has 0 radical (unpaired) electrons. The third kappa shape index (κ3) is 4.62. The molecule has 2 aromatic rings. The Balaban J connectivity index is 2.12. The number of Topliss-reactive ketones (excluding diaryl/α,β-unsaturated/α-hetero) is 1. The number of carbonyl (C=O) groups excluding carboxylic acids is 2. The lowest BCUT2D eigenvalue weighted by atomic mass is 9.95. The Hall–Kier alpha value is -3.32. The zero-order valence-electron chi connectivity index (χ0n) is 18.7. The van der Waals surface area contributed by atoms with Gasteiger partial charge in [-0.05, 0) is 37.7 Å². The smallest absolute Gasteiger partial charge is 0.295 e. The van der Waals surface area contributed by atoms with Crippen LogP contribution < -0.4 is 4.74 Å². The number of hydrogen-bond acceptors (Lipinski definition) is 6. The summed E-state index contributed by atoms with van der Waals surface area (Å²) in [5.41, 5.74) is 1.08. The minimum Gasteiger partial charge on any atom is -0.507 e. The van der Waals surface area contributed by atoms with Gasteiger partial charge in [0, 0.05) is 18.7 Å². The van der Waals surface area contributed by atoms with Crippen molar-refractivity contribution in [1.82, 2.24) is 9.80 Å². The van der Waals surface area contributed by atoms with E-state index in [9.17, 15) is 19.8 Å². The molecule has 0 spiro atoms. The molecule has 7 nitrogen and oxygen atoms in total. The van der Waals surface area contributed by atoms with E-state index in [1.807, 2.05) is 19.9 Å². The fourth-order valence-corrected chi connectivity index (χ4v) is 3.97. The number of carbonyl (C=O) groups is 2. The lowest BCUT2D eigenvalue weighted by Crippen LogP contribution is -2.38. The predicted octanol–water partition coefficient (Wildman–Crippen LogP) is 3.55. The minimum atomic E-state index is -0.787. The topological polar surface area (TPSA) is 90.3 Å². The van der Waals surface area contributed by atoms with Crippen molar-refractivity contribution in [2.75, 3.05) is 32.8 Å². The number of ether oxygens (including phenoxy) is 1. The molecule has 0 bridgehead atoms. The Morgan fingerprint density at radius 1 is 1.06 bits per heavy atom. The van der Waals surface area contributed by atoms with Gasteiger partial charge in [0.05, 0.1) is 18.2 Å². The third-order valence-corrected chi connectivity index (χ3v) is 5.74. The molecular weight excluding hydrogens is 408 g/mol. The van der Waals surface area contributed by atoms with E-state index in [1.54, 1.807) is 43.3 Å². The van der Waals surface area contributed by atoms with Gasteiger partial charge in [-0.15, -0.1) is 0 Å². The number of phenolic OH excluding ortho intramolecular Hbond substituents is 1. The van der Waals surface area contributed by atoms with Crippen molar-refractivity contribution < 1.29 is 24.5 Å². The molecule has 1 atom stereocenters. The van der Waals surface area contributed by atoms with Gasteiger partial charge >= 0.3 is 0 Å². The summed E-state index contributed by atoms with van der Waals surface area (Å²) in [6.45, 7) is 8.80. The van der Waals surface area contributed by atoms with Crippen LogP contribution in [0.4, 0.5) is 0 Å². The number of aromatic hydroxyl groups is 1.